The van der Waals surface area contributed by atoms with Crippen molar-refractivity contribution in [3.8, 4) is 17.3 Å². The normalized spacial score (nSPS) is 12.4. The molecule has 0 bridgehead atoms. The van der Waals surface area contributed by atoms with Gasteiger partial charge >= 0.3 is 0 Å². The summed E-state index contributed by atoms with van der Waals surface area (Å²) in [7, 11) is 1.90. The summed E-state index contributed by atoms with van der Waals surface area (Å²) in [6, 6.07) is 3.95. The minimum atomic E-state index is 0.292. The van der Waals surface area contributed by atoms with Gasteiger partial charge in [-0.25, -0.2) is 4.98 Å². The Bertz CT molecular complexity index is 527. The molecule has 0 saturated heterocycles. The lowest BCUT2D eigenvalue weighted by Gasteiger charge is -2.05. The average molecular weight is 262 g/mol. The lowest BCUT2D eigenvalue weighted by molar-refractivity contribution is 0.337. The van der Waals surface area contributed by atoms with Crippen molar-refractivity contribution in [2.75, 3.05) is 13.7 Å². The molecule has 19 heavy (non-hydrogen) atoms. The number of nitrogens with zero attached hydrogens (tertiary/aromatic N) is 3. The Morgan fingerprint density at radius 3 is 3.05 bits per heavy atom. The summed E-state index contributed by atoms with van der Waals surface area (Å²) in [6.45, 7) is 4.55. The number of hydrogen-bond donors (Lipinski definition) is 1. The first-order valence-electron chi connectivity index (χ1n) is 6.32. The Labute approximate surface area is 112 Å². The monoisotopic (exact) mass is 262 g/mol. The van der Waals surface area contributed by atoms with Crippen molar-refractivity contribution in [1.29, 1.82) is 0 Å². The van der Waals surface area contributed by atoms with Gasteiger partial charge in [-0.05, 0) is 33.0 Å². The number of hydrogen-bond acceptors (Lipinski definition) is 6. The molecule has 0 saturated carbocycles. The zero-order valence-corrected chi connectivity index (χ0v) is 11.4. The fourth-order valence-corrected chi connectivity index (χ4v) is 1.63. The third-order valence-electron chi connectivity index (χ3n) is 2.72. The van der Waals surface area contributed by atoms with E-state index in [1.54, 1.807) is 6.20 Å². The van der Waals surface area contributed by atoms with Gasteiger partial charge in [0.1, 0.15) is 0 Å². The Morgan fingerprint density at radius 2 is 2.32 bits per heavy atom. The lowest BCUT2D eigenvalue weighted by atomic mass is 10.2. The highest BCUT2D eigenvalue weighted by molar-refractivity contribution is 5.56. The van der Waals surface area contributed by atoms with Gasteiger partial charge in [-0.15, -0.1) is 0 Å². The van der Waals surface area contributed by atoms with Gasteiger partial charge in [0, 0.05) is 18.7 Å². The van der Waals surface area contributed by atoms with Gasteiger partial charge in [-0.3, -0.25) is 0 Å². The summed E-state index contributed by atoms with van der Waals surface area (Å²) < 4.78 is 10.8. The molecule has 2 aromatic rings. The summed E-state index contributed by atoms with van der Waals surface area (Å²) in [4.78, 5) is 8.59. The molecule has 1 atom stereocenters. The molecule has 0 spiro atoms. The first kappa shape index (κ1) is 13.5. The summed E-state index contributed by atoms with van der Waals surface area (Å²) in [6.07, 6.45) is 2.38. The van der Waals surface area contributed by atoms with E-state index in [1.165, 1.54) is 0 Å². The van der Waals surface area contributed by atoms with Crippen LogP contribution in [0, 0.1) is 0 Å². The van der Waals surface area contributed by atoms with Crippen molar-refractivity contribution in [2.24, 2.45) is 0 Å². The fourth-order valence-electron chi connectivity index (χ4n) is 1.63. The molecule has 1 unspecified atom stereocenters. The maximum Gasteiger partial charge on any atom is 0.280 e. The van der Waals surface area contributed by atoms with Crippen LogP contribution in [0.5, 0.6) is 5.75 Å². The van der Waals surface area contributed by atoms with Crippen molar-refractivity contribution in [1.82, 2.24) is 20.4 Å². The minimum absolute atomic E-state index is 0.292. The van der Waals surface area contributed by atoms with Crippen molar-refractivity contribution in [3.63, 3.8) is 0 Å². The zero-order chi connectivity index (χ0) is 13.7. The lowest BCUT2D eigenvalue weighted by Crippen LogP contribution is -2.24. The molecular weight excluding hydrogens is 244 g/mol. The van der Waals surface area contributed by atoms with Crippen LogP contribution in [0.15, 0.2) is 22.9 Å². The van der Waals surface area contributed by atoms with Crippen LogP contribution in [-0.2, 0) is 6.42 Å². The van der Waals surface area contributed by atoms with Crippen molar-refractivity contribution >= 4 is 0 Å². The Morgan fingerprint density at radius 1 is 1.47 bits per heavy atom. The smallest absolute Gasteiger partial charge is 0.280 e. The van der Waals surface area contributed by atoms with Crippen LogP contribution >= 0.6 is 0 Å². The SMILES string of the molecule is CCOc1cccnc1-c1nc(CC(C)NC)no1. The molecule has 0 radical (unpaired) electrons. The van der Waals surface area contributed by atoms with Gasteiger partial charge in [0.2, 0.25) is 0 Å². The number of rotatable bonds is 6. The largest absolute Gasteiger partial charge is 0.491 e. The second-order valence-corrected chi connectivity index (χ2v) is 4.19. The summed E-state index contributed by atoms with van der Waals surface area (Å²) in [5, 5.41) is 7.09. The predicted octanol–water partition coefficient (Wildman–Crippen LogP) is 1.68. The van der Waals surface area contributed by atoms with Crippen LogP contribution in [0.4, 0.5) is 0 Å². The minimum Gasteiger partial charge on any atom is -0.491 e. The van der Waals surface area contributed by atoms with Gasteiger partial charge in [0.05, 0.1) is 6.61 Å². The molecule has 2 heterocycles. The first-order chi connectivity index (χ1) is 9.24. The molecule has 0 aromatic carbocycles. The number of pyridine rings is 1. The van der Waals surface area contributed by atoms with E-state index in [4.69, 9.17) is 9.26 Å². The van der Waals surface area contributed by atoms with E-state index in [0.717, 1.165) is 0 Å². The van der Waals surface area contributed by atoms with E-state index in [1.807, 2.05) is 26.1 Å². The molecule has 0 amide bonds. The van der Waals surface area contributed by atoms with E-state index >= 15 is 0 Å². The van der Waals surface area contributed by atoms with Gasteiger partial charge in [0.15, 0.2) is 17.3 Å². The number of nitrogens with one attached hydrogen (secondary N) is 1. The van der Waals surface area contributed by atoms with E-state index < -0.39 is 0 Å². The summed E-state index contributed by atoms with van der Waals surface area (Å²) in [5.74, 6) is 1.70. The average Bonchev–Trinajstić information content (AvgIpc) is 2.88. The zero-order valence-electron chi connectivity index (χ0n) is 11.4. The van der Waals surface area contributed by atoms with E-state index in [0.29, 0.717) is 42.2 Å². The fraction of sp³-hybridized carbons (Fsp3) is 0.462. The molecule has 0 aliphatic carbocycles. The number of aromatic nitrogens is 3. The van der Waals surface area contributed by atoms with Crippen LogP contribution in [-0.4, -0.2) is 34.8 Å². The third-order valence-corrected chi connectivity index (χ3v) is 2.72. The highest BCUT2D eigenvalue weighted by Crippen LogP contribution is 2.25. The third kappa shape index (κ3) is 3.29. The highest BCUT2D eigenvalue weighted by atomic mass is 16.5. The second kappa shape index (κ2) is 6.29. The van der Waals surface area contributed by atoms with E-state index in [9.17, 15) is 0 Å². The molecule has 6 nitrogen and oxygen atoms in total. The molecule has 0 aliphatic heterocycles. The molecule has 0 fully saturated rings. The second-order valence-electron chi connectivity index (χ2n) is 4.19. The topological polar surface area (TPSA) is 73.1 Å². The van der Waals surface area contributed by atoms with Crippen LogP contribution in [0.25, 0.3) is 11.6 Å². The quantitative estimate of drug-likeness (QED) is 0.854. The molecule has 2 rings (SSSR count). The first-order valence-corrected chi connectivity index (χ1v) is 6.32. The molecule has 102 valence electrons. The van der Waals surface area contributed by atoms with Gasteiger partial charge in [0.25, 0.3) is 5.89 Å². The molecule has 1 N–H and O–H groups in total. The Hall–Kier alpha value is -1.95. The van der Waals surface area contributed by atoms with Crippen molar-refractivity contribution in [3.05, 3.63) is 24.2 Å². The number of ether oxygens (including phenoxy) is 1. The molecule has 6 heteroatoms. The highest BCUT2D eigenvalue weighted by Gasteiger charge is 2.16. The van der Waals surface area contributed by atoms with Crippen molar-refractivity contribution < 1.29 is 9.26 Å². The standard InChI is InChI=1S/C13H18N4O2/c1-4-18-10-6-5-7-15-12(10)13-16-11(17-19-13)8-9(2)14-3/h5-7,9,14H,4,8H2,1-3H3. The predicted molar refractivity (Wildman–Crippen MR) is 70.9 cm³/mol. The van der Waals surface area contributed by atoms with Crippen LogP contribution < -0.4 is 10.1 Å². The maximum atomic E-state index is 5.50. The van der Waals surface area contributed by atoms with Crippen LogP contribution in [0.3, 0.4) is 0 Å². The molecule has 0 aliphatic rings. The van der Waals surface area contributed by atoms with Gasteiger partial charge in [-0.1, -0.05) is 5.16 Å². The Balaban J connectivity index is 2.22. The number of likely N-dealkylation sites (N-methyl/N-ethyl adjacent to an activating group) is 1. The van der Waals surface area contributed by atoms with Crippen molar-refractivity contribution in [2.45, 2.75) is 26.3 Å². The van der Waals surface area contributed by atoms with E-state index in [2.05, 4.69) is 27.4 Å². The maximum absolute atomic E-state index is 5.50. The van der Waals surface area contributed by atoms with Crippen LogP contribution in [0.1, 0.15) is 19.7 Å². The van der Waals surface area contributed by atoms with E-state index in [-0.39, 0.29) is 0 Å². The Kier molecular flexibility index (Phi) is 4.46. The van der Waals surface area contributed by atoms with Crippen LogP contribution in [0.2, 0.25) is 0 Å². The molecule has 2 aromatic heterocycles. The summed E-state index contributed by atoms with van der Waals surface area (Å²) >= 11 is 0. The molecular formula is C13H18N4O2. The summed E-state index contributed by atoms with van der Waals surface area (Å²) in [5.41, 5.74) is 0.584. The van der Waals surface area contributed by atoms with Gasteiger partial charge in [-0.2, -0.15) is 4.98 Å². The van der Waals surface area contributed by atoms with Gasteiger partial charge < -0.3 is 14.6 Å².